The molecule has 15 heavy (non-hydrogen) atoms. The quantitative estimate of drug-likeness (QED) is 0.640. The van der Waals surface area contributed by atoms with Gasteiger partial charge in [-0.3, -0.25) is 4.79 Å². The lowest BCUT2D eigenvalue weighted by Crippen LogP contribution is -2.40. The normalized spacial score (nSPS) is 20.6. The summed E-state index contributed by atoms with van der Waals surface area (Å²) in [5, 5.41) is 8.89. The number of carboxylic acids is 1. The molecule has 0 aromatic rings. The first-order valence-corrected chi connectivity index (χ1v) is 5.39. The molecular weight excluding hydrogens is 196 g/mol. The summed E-state index contributed by atoms with van der Waals surface area (Å²) in [7, 11) is 0. The molecule has 1 fully saturated rings. The SMILES string of the molecule is NCCCCC(=O)N1CCC[C@@H]1C(=O)O. The zero-order valence-corrected chi connectivity index (χ0v) is 8.82. The van der Waals surface area contributed by atoms with Crippen molar-refractivity contribution in [2.45, 2.75) is 38.1 Å². The van der Waals surface area contributed by atoms with E-state index >= 15 is 0 Å². The number of rotatable bonds is 5. The fraction of sp³-hybridized carbons (Fsp3) is 0.800. The Morgan fingerprint density at radius 3 is 2.73 bits per heavy atom. The third-order valence-corrected chi connectivity index (χ3v) is 2.70. The number of hydrogen-bond donors (Lipinski definition) is 2. The second kappa shape index (κ2) is 5.70. The van der Waals surface area contributed by atoms with Gasteiger partial charge in [0.15, 0.2) is 0 Å². The molecule has 0 aromatic carbocycles. The first kappa shape index (κ1) is 12.0. The molecule has 5 nitrogen and oxygen atoms in total. The van der Waals surface area contributed by atoms with E-state index in [0.29, 0.717) is 25.9 Å². The maximum atomic E-state index is 11.7. The molecular formula is C10H18N2O3. The monoisotopic (exact) mass is 214 g/mol. The topological polar surface area (TPSA) is 83.6 Å². The average molecular weight is 214 g/mol. The summed E-state index contributed by atoms with van der Waals surface area (Å²) in [6, 6.07) is -0.602. The van der Waals surface area contributed by atoms with Gasteiger partial charge in [-0.25, -0.2) is 4.79 Å². The maximum absolute atomic E-state index is 11.7. The van der Waals surface area contributed by atoms with Crippen LogP contribution in [0.2, 0.25) is 0 Å². The third-order valence-electron chi connectivity index (χ3n) is 2.70. The van der Waals surface area contributed by atoms with Crippen molar-refractivity contribution in [3.8, 4) is 0 Å². The third kappa shape index (κ3) is 3.20. The zero-order valence-electron chi connectivity index (χ0n) is 8.82. The molecule has 1 aliphatic heterocycles. The number of hydrogen-bond acceptors (Lipinski definition) is 3. The highest BCUT2D eigenvalue weighted by molar-refractivity contribution is 5.84. The predicted molar refractivity (Wildman–Crippen MR) is 55.3 cm³/mol. The number of carboxylic acid groups (broad SMARTS) is 1. The molecule has 3 N–H and O–H groups in total. The van der Waals surface area contributed by atoms with Crippen molar-refractivity contribution < 1.29 is 14.7 Å². The largest absolute Gasteiger partial charge is 0.480 e. The van der Waals surface area contributed by atoms with Gasteiger partial charge >= 0.3 is 5.97 Å². The van der Waals surface area contributed by atoms with Gasteiger partial charge < -0.3 is 15.7 Å². The molecule has 0 bridgehead atoms. The molecule has 0 unspecified atom stereocenters. The molecule has 1 rings (SSSR count). The highest BCUT2D eigenvalue weighted by Gasteiger charge is 2.33. The summed E-state index contributed by atoms with van der Waals surface area (Å²) < 4.78 is 0. The highest BCUT2D eigenvalue weighted by Crippen LogP contribution is 2.18. The molecule has 0 aliphatic carbocycles. The van der Waals surface area contributed by atoms with Crippen molar-refractivity contribution in [2.75, 3.05) is 13.1 Å². The van der Waals surface area contributed by atoms with E-state index in [1.165, 1.54) is 4.90 Å². The molecule has 0 radical (unpaired) electrons. The number of likely N-dealkylation sites (tertiary alicyclic amines) is 1. The Hall–Kier alpha value is -1.10. The molecule has 0 spiro atoms. The van der Waals surface area contributed by atoms with Gasteiger partial charge in [-0.2, -0.15) is 0 Å². The van der Waals surface area contributed by atoms with Crippen LogP contribution in [0.1, 0.15) is 32.1 Å². The lowest BCUT2D eigenvalue weighted by Gasteiger charge is -2.21. The van der Waals surface area contributed by atoms with Crippen LogP contribution in [-0.4, -0.2) is 41.0 Å². The summed E-state index contributed by atoms with van der Waals surface area (Å²) in [5.74, 6) is -0.937. The summed E-state index contributed by atoms with van der Waals surface area (Å²) in [4.78, 5) is 24.0. The second-order valence-electron chi connectivity index (χ2n) is 3.83. The van der Waals surface area contributed by atoms with Crippen LogP contribution < -0.4 is 5.73 Å². The number of carbonyl (C=O) groups excluding carboxylic acids is 1. The standard InChI is InChI=1S/C10H18N2O3/c11-6-2-1-5-9(13)12-7-3-4-8(12)10(14)15/h8H,1-7,11H2,(H,14,15)/t8-/m1/s1. The summed E-state index contributed by atoms with van der Waals surface area (Å²) in [6.07, 6.45) is 3.36. The molecule has 1 saturated heterocycles. The zero-order chi connectivity index (χ0) is 11.3. The molecule has 0 saturated carbocycles. The lowest BCUT2D eigenvalue weighted by atomic mass is 10.2. The van der Waals surface area contributed by atoms with E-state index in [2.05, 4.69) is 0 Å². The Morgan fingerprint density at radius 1 is 1.40 bits per heavy atom. The number of aliphatic carboxylic acids is 1. The summed E-state index contributed by atoms with van der Waals surface area (Å²) in [6.45, 7) is 1.16. The predicted octanol–water partition coefficient (Wildman–Crippen LogP) is 0.191. The number of carbonyl (C=O) groups is 2. The molecule has 5 heteroatoms. The van der Waals surface area contributed by atoms with E-state index in [0.717, 1.165) is 19.3 Å². The highest BCUT2D eigenvalue weighted by atomic mass is 16.4. The van der Waals surface area contributed by atoms with E-state index in [1.54, 1.807) is 0 Å². The van der Waals surface area contributed by atoms with Crippen LogP contribution in [0.5, 0.6) is 0 Å². The van der Waals surface area contributed by atoms with Crippen LogP contribution in [-0.2, 0) is 9.59 Å². The van der Waals surface area contributed by atoms with E-state index in [4.69, 9.17) is 10.8 Å². The average Bonchev–Trinajstić information content (AvgIpc) is 2.66. The van der Waals surface area contributed by atoms with Crippen molar-refractivity contribution in [3.63, 3.8) is 0 Å². The summed E-state index contributed by atoms with van der Waals surface area (Å²) >= 11 is 0. The maximum Gasteiger partial charge on any atom is 0.326 e. The Balaban J connectivity index is 2.40. The van der Waals surface area contributed by atoms with Gasteiger partial charge in [0, 0.05) is 13.0 Å². The van der Waals surface area contributed by atoms with Gasteiger partial charge in [-0.05, 0) is 32.2 Å². The molecule has 86 valence electrons. The number of nitrogens with two attached hydrogens (primary N) is 1. The molecule has 1 aliphatic rings. The minimum Gasteiger partial charge on any atom is -0.480 e. The fourth-order valence-corrected chi connectivity index (χ4v) is 1.89. The minimum atomic E-state index is -0.889. The van der Waals surface area contributed by atoms with Gasteiger partial charge in [0.25, 0.3) is 0 Å². The Labute approximate surface area is 89.2 Å². The van der Waals surface area contributed by atoms with Crippen LogP contribution >= 0.6 is 0 Å². The van der Waals surface area contributed by atoms with E-state index in [1.807, 2.05) is 0 Å². The van der Waals surface area contributed by atoms with Crippen LogP contribution in [0.25, 0.3) is 0 Å². The van der Waals surface area contributed by atoms with Crippen molar-refractivity contribution in [1.29, 1.82) is 0 Å². The number of nitrogens with zero attached hydrogens (tertiary/aromatic N) is 1. The van der Waals surface area contributed by atoms with E-state index in [-0.39, 0.29) is 5.91 Å². The van der Waals surface area contributed by atoms with Gasteiger partial charge in [0.2, 0.25) is 5.91 Å². The van der Waals surface area contributed by atoms with Crippen molar-refractivity contribution >= 4 is 11.9 Å². The Bertz CT molecular complexity index is 243. The van der Waals surface area contributed by atoms with Crippen LogP contribution in [0.3, 0.4) is 0 Å². The number of unbranched alkanes of at least 4 members (excludes halogenated alkanes) is 1. The molecule has 1 atom stereocenters. The second-order valence-corrected chi connectivity index (χ2v) is 3.83. The summed E-state index contributed by atoms with van der Waals surface area (Å²) in [5.41, 5.74) is 5.32. The van der Waals surface area contributed by atoms with E-state index < -0.39 is 12.0 Å². The van der Waals surface area contributed by atoms with Crippen molar-refractivity contribution in [1.82, 2.24) is 4.90 Å². The molecule has 1 amide bonds. The first-order valence-electron chi connectivity index (χ1n) is 5.39. The smallest absolute Gasteiger partial charge is 0.326 e. The van der Waals surface area contributed by atoms with Gasteiger partial charge in [-0.15, -0.1) is 0 Å². The fourth-order valence-electron chi connectivity index (χ4n) is 1.89. The minimum absolute atomic E-state index is 0.0478. The molecule has 1 heterocycles. The molecule has 0 aromatic heterocycles. The van der Waals surface area contributed by atoms with Crippen LogP contribution in [0.4, 0.5) is 0 Å². The van der Waals surface area contributed by atoms with Gasteiger partial charge in [0.1, 0.15) is 6.04 Å². The van der Waals surface area contributed by atoms with Crippen LogP contribution in [0.15, 0.2) is 0 Å². The first-order chi connectivity index (χ1) is 7.16. The Kier molecular flexibility index (Phi) is 4.55. The Morgan fingerprint density at radius 2 is 2.13 bits per heavy atom. The van der Waals surface area contributed by atoms with Crippen molar-refractivity contribution in [2.24, 2.45) is 5.73 Å². The van der Waals surface area contributed by atoms with Gasteiger partial charge in [-0.1, -0.05) is 0 Å². The van der Waals surface area contributed by atoms with Gasteiger partial charge in [0.05, 0.1) is 0 Å². The lowest BCUT2D eigenvalue weighted by molar-refractivity contribution is -0.148. The number of amides is 1. The van der Waals surface area contributed by atoms with E-state index in [9.17, 15) is 9.59 Å². The van der Waals surface area contributed by atoms with Crippen LogP contribution in [0, 0.1) is 0 Å². The van der Waals surface area contributed by atoms with Crippen molar-refractivity contribution in [3.05, 3.63) is 0 Å².